The van der Waals surface area contributed by atoms with Crippen LogP contribution in [0.25, 0.3) is 0 Å². The molecule has 4 N–H and O–H groups in total. The number of hydroxylamine groups is 1. The molecule has 0 spiro atoms. The Kier molecular flexibility index (Phi) is 6.56. The molecular formula is C13H18N2O4. The number of hydrogen-bond acceptors (Lipinski definition) is 4. The number of hydrogen-bond donors (Lipinski definition) is 4. The van der Waals surface area contributed by atoms with Gasteiger partial charge in [0.25, 0.3) is 5.91 Å². The Morgan fingerprint density at radius 2 is 1.84 bits per heavy atom. The normalized spacial score (nSPS) is 11.7. The van der Waals surface area contributed by atoms with Crippen LogP contribution in [0, 0.1) is 0 Å². The zero-order valence-corrected chi connectivity index (χ0v) is 10.5. The zero-order valence-electron chi connectivity index (χ0n) is 10.5. The molecule has 0 aromatic heterocycles. The zero-order chi connectivity index (χ0) is 14.1. The number of anilines is 1. The van der Waals surface area contributed by atoms with Gasteiger partial charge in [0.2, 0.25) is 5.91 Å². The summed E-state index contributed by atoms with van der Waals surface area (Å²) in [6.45, 7) is 0. The number of unbranched alkanes of at least 4 members (excludes halogenated alkanes) is 1. The Hall–Kier alpha value is -1.92. The number of amides is 2. The van der Waals surface area contributed by atoms with E-state index in [1.165, 1.54) is 5.48 Å². The Bertz CT molecular complexity index is 408. The van der Waals surface area contributed by atoms with Gasteiger partial charge in [-0.3, -0.25) is 14.8 Å². The number of carbonyl (C=O) groups excluding carboxylic acids is 2. The minimum atomic E-state index is -1.23. The van der Waals surface area contributed by atoms with Crippen molar-refractivity contribution in [2.24, 2.45) is 0 Å². The number of rotatable bonds is 7. The average Bonchev–Trinajstić information content (AvgIpc) is 2.43. The molecule has 0 aliphatic carbocycles. The van der Waals surface area contributed by atoms with E-state index in [4.69, 9.17) is 5.21 Å². The number of benzene rings is 1. The maximum atomic E-state index is 11.6. The van der Waals surface area contributed by atoms with Crippen LogP contribution in [-0.2, 0) is 9.59 Å². The van der Waals surface area contributed by atoms with Gasteiger partial charge in [0.15, 0.2) is 0 Å². The lowest BCUT2D eigenvalue weighted by Crippen LogP contribution is -2.32. The van der Waals surface area contributed by atoms with Crippen molar-refractivity contribution < 1.29 is 19.9 Å². The van der Waals surface area contributed by atoms with Crippen LogP contribution < -0.4 is 10.8 Å². The molecule has 0 radical (unpaired) electrons. The van der Waals surface area contributed by atoms with Gasteiger partial charge in [-0.05, 0) is 31.4 Å². The van der Waals surface area contributed by atoms with Gasteiger partial charge in [-0.15, -0.1) is 0 Å². The SMILES string of the molecule is O=C(CCCCC(O)C(=O)NO)Nc1ccccc1. The molecule has 1 atom stereocenters. The average molecular weight is 266 g/mol. The van der Waals surface area contributed by atoms with Crippen LogP contribution in [0.15, 0.2) is 30.3 Å². The second kappa shape index (κ2) is 8.23. The van der Waals surface area contributed by atoms with Gasteiger partial charge in [0.05, 0.1) is 0 Å². The molecule has 2 amide bonds. The molecule has 19 heavy (non-hydrogen) atoms. The molecule has 104 valence electrons. The van der Waals surface area contributed by atoms with Gasteiger partial charge in [-0.2, -0.15) is 0 Å². The van der Waals surface area contributed by atoms with E-state index in [9.17, 15) is 14.7 Å². The van der Waals surface area contributed by atoms with E-state index in [0.29, 0.717) is 19.3 Å². The van der Waals surface area contributed by atoms with Crippen molar-refractivity contribution in [3.05, 3.63) is 30.3 Å². The smallest absolute Gasteiger partial charge is 0.272 e. The van der Waals surface area contributed by atoms with Crippen LogP contribution in [0.4, 0.5) is 5.69 Å². The fraction of sp³-hybridized carbons (Fsp3) is 0.385. The second-order valence-corrected chi connectivity index (χ2v) is 4.15. The lowest BCUT2D eigenvalue weighted by atomic mass is 10.1. The van der Waals surface area contributed by atoms with Gasteiger partial charge in [-0.25, -0.2) is 5.48 Å². The third-order valence-electron chi connectivity index (χ3n) is 2.60. The molecule has 1 aromatic carbocycles. The Morgan fingerprint density at radius 3 is 2.47 bits per heavy atom. The van der Waals surface area contributed by atoms with E-state index in [1.54, 1.807) is 12.1 Å². The fourth-order valence-corrected chi connectivity index (χ4v) is 1.57. The molecule has 0 fully saturated rings. The van der Waals surface area contributed by atoms with Crippen LogP contribution in [0.5, 0.6) is 0 Å². The molecule has 1 unspecified atom stereocenters. The summed E-state index contributed by atoms with van der Waals surface area (Å²) in [4.78, 5) is 22.3. The monoisotopic (exact) mass is 266 g/mol. The van der Waals surface area contributed by atoms with E-state index in [2.05, 4.69) is 5.32 Å². The maximum Gasteiger partial charge on any atom is 0.272 e. The quantitative estimate of drug-likeness (QED) is 0.337. The van der Waals surface area contributed by atoms with Crippen molar-refractivity contribution in [2.45, 2.75) is 31.8 Å². The number of aliphatic hydroxyl groups is 1. The van der Waals surface area contributed by atoms with Crippen molar-refractivity contribution in [1.82, 2.24) is 5.48 Å². The Labute approximate surface area is 111 Å². The molecule has 0 heterocycles. The van der Waals surface area contributed by atoms with Gasteiger partial charge >= 0.3 is 0 Å². The number of carbonyl (C=O) groups is 2. The third-order valence-corrected chi connectivity index (χ3v) is 2.60. The first kappa shape index (κ1) is 15.1. The molecular weight excluding hydrogens is 248 g/mol. The largest absolute Gasteiger partial charge is 0.383 e. The highest BCUT2D eigenvalue weighted by molar-refractivity contribution is 5.90. The first-order valence-electron chi connectivity index (χ1n) is 6.10. The molecule has 6 nitrogen and oxygen atoms in total. The first-order valence-corrected chi connectivity index (χ1v) is 6.10. The molecule has 0 saturated carbocycles. The second-order valence-electron chi connectivity index (χ2n) is 4.15. The van der Waals surface area contributed by atoms with Crippen molar-refractivity contribution >= 4 is 17.5 Å². The van der Waals surface area contributed by atoms with Crippen LogP contribution in [-0.4, -0.2) is 28.2 Å². The molecule has 1 rings (SSSR count). The van der Waals surface area contributed by atoms with Gasteiger partial charge in [0.1, 0.15) is 6.10 Å². The molecule has 0 saturated heterocycles. The first-order chi connectivity index (χ1) is 9.13. The van der Waals surface area contributed by atoms with Crippen molar-refractivity contribution in [1.29, 1.82) is 0 Å². The van der Waals surface area contributed by atoms with Crippen LogP contribution in [0.1, 0.15) is 25.7 Å². The van der Waals surface area contributed by atoms with Crippen molar-refractivity contribution in [2.75, 3.05) is 5.32 Å². The van der Waals surface area contributed by atoms with E-state index in [0.717, 1.165) is 5.69 Å². The standard InChI is InChI=1S/C13H18N2O4/c16-11(13(18)15-19)8-4-5-9-12(17)14-10-6-2-1-3-7-10/h1-3,6-7,11,16,19H,4-5,8-9H2,(H,14,17)(H,15,18). The van der Waals surface area contributed by atoms with Crippen LogP contribution in [0.2, 0.25) is 0 Å². The van der Waals surface area contributed by atoms with Crippen LogP contribution in [0.3, 0.4) is 0 Å². The lowest BCUT2D eigenvalue weighted by Gasteiger charge is -2.08. The summed E-state index contributed by atoms with van der Waals surface area (Å²) in [5, 5.41) is 20.3. The minimum Gasteiger partial charge on any atom is -0.383 e. The molecule has 0 bridgehead atoms. The van der Waals surface area contributed by atoms with E-state index >= 15 is 0 Å². The third kappa shape index (κ3) is 5.98. The summed E-state index contributed by atoms with van der Waals surface area (Å²) in [6.07, 6.45) is 0.390. The highest BCUT2D eigenvalue weighted by Crippen LogP contribution is 2.08. The topological polar surface area (TPSA) is 98.7 Å². The molecule has 6 heteroatoms. The predicted molar refractivity (Wildman–Crippen MR) is 69.5 cm³/mol. The lowest BCUT2D eigenvalue weighted by molar-refractivity contribution is -0.138. The number of para-hydroxylation sites is 1. The van der Waals surface area contributed by atoms with Crippen molar-refractivity contribution in [3.63, 3.8) is 0 Å². The molecule has 0 aliphatic rings. The number of nitrogens with one attached hydrogen (secondary N) is 2. The predicted octanol–water partition coefficient (Wildman–Crippen LogP) is 1.05. The number of aliphatic hydroxyl groups excluding tert-OH is 1. The van der Waals surface area contributed by atoms with Gasteiger partial charge < -0.3 is 10.4 Å². The molecule has 1 aromatic rings. The Balaban J connectivity index is 2.16. The van der Waals surface area contributed by atoms with E-state index < -0.39 is 12.0 Å². The fourth-order valence-electron chi connectivity index (χ4n) is 1.57. The van der Waals surface area contributed by atoms with Gasteiger partial charge in [0, 0.05) is 12.1 Å². The van der Waals surface area contributed by atoms with E-state index in [-0.39, 0.29) is 12.3 Å². The van der Waals surface area contributed by atoms with Crippen LogP contribution >= 0.6 is 0 Å². The van der Waals surface area contributed by atoms with Gasteiger partial charge in [-0.1, -0.05) is 18.2 Å². The minimum absolute atomic E-state index is 0.104. The highest BCUT2D eigenvalue weighted by Gasteiger charge is 2.13. The summed E-state index contributed by atoms with van der Waals surface area (Å²) in [5.41, 5.74) is 2.12. The summed E-state index contributed by atoms with van der Waals surface area (Å²) >= 11 is 0. The summed E-state index contributed by atoms with van der Waals surface area (Å²) in [7, 11) is 0. The molecule has 0 aliphatic heterocycles. The summed E-state index contributed by atoms with van der Waals surface area (Å²) in [6, 6.07) is 9.13. The highest BCUT2D eigenvalue weighted by atomic mass is 16.5. The van der Waals surface area contributed by atoms with Crippen molar-refractivity contribution in [3.8, 4) is 0 Å². The maximum absolute atomic E-state index is 11.6. The van der Waals surface area contributed by atoms with E-state index in [1.807, 2.05) is 18.2 Å². The Morgan fingerprint density at radius 1 is 1.16 bits per heavy atom. The summed E-state index contributed by atoms with van der Waals surface area (Å²) < 4.78 is 0. The summed E-state index contributed by atoms with van der Waals surface area (Å²) in [5.74, 6) is -0.930.